The predicted molar refractivity (Wildman–Crippen MR) is 122 cm³/mol. The molecule has 0 heterocycles. The lowest BCUT2D eigenvalue weighted by molar-refractivity contribution is 0.0959. The van der Waals surface area contributed by atoms with Crippen molar-refractivity contribution in [2.24, 2.45) is 0 Å². The molecule has 0 saturated heterocycles. The minimum absolute atomic E-state index is 0.133. The number of hydrogen-bond acceptors (Lipinski definition) is 3. The van der Waals surface area contributed by atoms with E-state index in [2.05, 4.69) is 67.7 Å². The molecule has 1 aromatic rings. The van der Waals surface area contributed by atoms with Gasteiger partial charge in [0.25, 0.3) is 0 Å². The molecular weight excluding hydrogens is 387 g/mol. The summed E-state index contributed by atoms with van der Waals surface area (Å²) in [5.41, 5.74) is 0. The Morgan fingerprint density at radius 1 is 0.893 bits per heavy atom. The first kappa shape index (κ1) is 25.3. The summed E-state index contributed by atoms with van der Waals surface area (Å²) in [5, 5.41) is 0.303. The Balaban J connectivity index is 2.80. The average molecular weight is 429 g/mol. The van der Waals surface area contributed by atoms with Crippen LogP contribution in [-0.4, -0.2) is 36.0 Å². The second kappa shape index (κ2) is 9.41. The van der Waals surface area contributed by atoms with Crippen LogP contribution >= 0.6 is 0 Å². The maximum atomic E-state index is 13.6. The first-order valence-corrected chi connectivity index (χ1v) is 16.1. The van der Waals surface area contributed by atoms with Gasteiger partial charge in [0.15, 0.2) is 16.6 Å². The van der Waals surface area contributed by atoms with Crippen LogP contribution in [0, 0.1) is 5.82 Å². The van der Waals surface area contributed by atoms with E-state index in [0.717, 1.165) is 6.42 Å². The molecule has 6 heteroatoms. The SMILES string of the molecule is CC(C)(C)[Si](C)(C)OCCC(CO[Si](C)(C)C(C)(C)C)Oc1cccc(F)c1. The van der Waals surface area contributed by atoms with Crippen LogP contribution in [0.15, 0.2) is 24.3 Å². The zero-order valence-corrected chi connectivity index (χ0v) is 21.6. The van der Waals surface area contributed by atoms with Gasteiger partial charge in [-0.05, 0) is 48.4 Å². The fraction of sp³-hybridized carbons (Fsp3) is 0.727. The molecule has 0 radical (unpaired) electrons. The van der Waals surface area contributed by atoms with Crippen LogP contribution in [0.2, 0.25) is 36.3 Å². The van der Waals surface area contributed by atoms with Gasteiger partial charge >= 0.3 is 0 Å². The van der Waals surface area contributed by atoms with Gasteiger partial charge in [-0.15, -0.1) is 0 Å². The van der Waals surface area contributed by atoms with E-state index in [1.54, 1.807) is 12.1 Å². The minimum atomic E-state index is -1.89. The third kappa shape index (κ3) is 7.61. The number of hydrogen-bond donors (Lipinski definition) is 0. The van der Waals surface area contributed by atoms with Gasteiger partial charge in [0.05, 0.1) is 6.61 Å². The van der Waals surface area contributed by atoms with E-state index in [0.29, 0.717) is 19.0 Å². The molecule has 0 aliphatic heterocycles. The molecule has 1 rings (SSSR count). The monoisotopic (exact) mass is 428 g/mol. The van der Waals surface area contributed by atoms with E-state index >= 15 is 0 Å². The van der Waals surface area contributed by atoms with Gasteiger partial charge in [-0.25, -0.2) is 4.39 Å². The molecule has 0 amide bonds. The zero-order valence-electron chi connectivity index (χ0n) is 19.6. The molecule has 1 atom stereocenters. The Bertz CT molecular complexity index is 619. The molecule has 0 fully saturated rings. The lowest BCUT2D eigenvalue weighted by Gasteiger charge is -2.38. The van der Waals surface area contributed by atoms with Crippen LogP contribution in [0.4, 0.5) is 4.39 Å². The second-order valence-electron chi connectivity index (χ2n) is 10.7. The van der Waals surface area contributed by atoms with Crippen LogP contribution in [0.5, 0.6) is 5.75 Å². The summed E-state index contributed by atoms with van der Waals surface area (Å²) in [6, 6.07) is 6.31. The fourth-order valence-corrected chi connectivity index (χ4v) is 4.19. The van der Waals surface area contributed by atoms with Crippen molar-refractivity contribution >= 4 is 16.6 Å². The molecule has 1 unspecified atom stereocenters. The van der Waals surface area contributed by atoms with Gasteiger partial charge in [-0.2, -0.15) is 0 Å². The van der Waals surface area contributed by atoms with Gasteiger partial charge in [-0.1, -0.05) is 47.6 Å². The summed E-state index contributed by atoms with van der Waals surface area (Å²) in [6.07, 6.45) is 0.554. The van der Waals surface area contributed by atoms with Gasteiger partial charge in [-0.3, -0.25) is 0 Å². The molecule has 0 N–H and O–H groups in total. The highest BCUT2D eigenvalue weighted by Crippen LogP contribution is 2.38. The average Bonchev–Trinajstić information content (AvgIpc) is 2.50. The topological polar surface area (TPSA) is 27.7 Å². The highest BCUT2D eigenvalue weighted by Gasteiger charge is 2.39. The zero-order chi connectivity index (χ0) is 21.8. The quantitative estimate of drug-likeness (QED) is 0.396. The standard InChI is InChI=1S/C22H41FO3Si2/c1-21(2,3)27(7,8)24-15-14-20(17-25-28(9,10)22(4,5)6)26-19-13-11-12-18(23)16-19/h11-13,16,20H,14-15,17H2,1-10H3. The normalized spacial score (nSPS) is 14.8. The Morgan fingerprint density at radius 2 is 1.43 bits per heavy atom. The molecule has 1 aromatic carbocycles. The summed E-state index contributed by atoms with van der Waals surface area (Å²) in [6.45, 7) is 23.5. The summed E-state index contributed by atoms with van der Waals surface area (Å²) >= 11 is 0. The summed E-state index contributed by atoms with van der Waals surface area (Å²) in [4.78, 5) is 0. The van der Waals surface area contributed by atoms with E-state index in [9.17, 15) is 4.39 Å². The molecule has 0 bridgehead atoms. The van der Waals surface area contributed by atoms with Crippen molar-refractivity contribution in [2.45, 2.75) is 90.3 Å². The number of benzene rings is 1. The first-order valence-electron chi connectivity index (χ1n) is 10.3. The molecule has 0 aliphatic carbocycles. The maximum Gasteiger partial charge on any atom is 0.192 e. The Labute approximate surface area is 174 Å². The van der Waals surface area contributed by atoms with Gasteiger partial charge < -0.3 is 13.6 Å². The first-order chi connectivity index (χ1) is 12.6. The smallest absolute Gasteiger partial charge is 0.192 e. The van der Waals surface area contributed by atoms with Gasteiger partial charge in [0.1, 0.15) is 17.7 Å². The van der Waals surface area contributed by atoms with Crippen molar-refractivity contribution in [3.8, 4) is 5.75 Å². The maximum absolute atomic E-state index is 13.6. The highest BCUT2D eigenvalue weighted by atomic mass is 28.4. The molecule has 3 nitrogen and oxygen atoms in total. The van der Waals surface area contributed by atoms with Crippen molar-refractivity contribution < 1.29 is 18.0 Å². The summed E-state index contributed by atoms with van der Waals surface area (Å²) in [5.74, 6) is 0.246. The number of ether oxygens (including phenoxy) is 1. The van der Waals surface area contributed by atoms with E-state index < -0.39 is 16.6 Å². The van der Waals surface area contributed by atoms with E-state index in [1.807, 2.05) is 0 Å². The molecule has 162 valence electrons. The van der Waals surface area contributed by atoms with E-state index in [4.69, 9.17) is 13.6 Å². The van der Waals surface area contributed by atoms with Gasteiger partial charge in [0.2, 0.25) is 0 Å². The molecule has 0 spiro atoms. The van der Waals surface area contributed by atoms with Crippen molar-refractivity contribution in [3.63, 3.8) is 0 Å². The molecule has 28 heavy (non-hydrogen) atoms. The van der Waals surface area contributed by atoms with Crippen molar-refractivity contribution in [1.29, 1.82) is 0 Å². The van der Waals surface area contributed by atoms with Crippen LogP contribution in [-0.2, 0) is 8.85 Å². The number of rotatable bonds is 9. The van der Waals surface area contributed by atoms with Crippen molar-refractivity contribution in [2.75, 3.05) is 13.2 Å². The highest BCUT2D eigenvalue weighted by molar-refractivity contribution is 6.74. The Hall–Kier alpha value is -0.696. The fourth-order valence-electron chi connectivity index (χ4n) is 2.09. The van der Waals surface area contributed by atoms with Crippen LogP contribution in [0.3, 0.4) is 0 Å². The molecular formula is C22H41FO3Si2. The van der Waals surface area contributed by atoms with E-state index in [-0.39, 0.29) is 22.0 Å². The van der Waals surface area contributed by atoms with Crippen molar-refractivity contribution in [3.05, 3.63) is 30.1 Å². The van der Waals surface area contributed by atoms with Crippen LogP contribution in [0.1, 0.15) is 48.0 Å². The third-order valence-corrected chi connectivity index (χ3v) is 15.3. The van der Waals surface area contributed by atoms with Crippen LogP contribution < -0.4 is 4.74 Å². The third-order valence-electron chi connectivity index (χ3n) is 6.24. The lowest BCUT2D eigenvalue weighted by Crippen LogP contribution is -2.44. The Morgan fingerprint density at radius 3 is 1.93 bits per heavy atom. The predicted octanol–water partition coefficient (Wildman–Crippen LogP) is 7.01. The van der Waals surface area contributed by atoms with Gasteiger partial charge in [0, 0.05) is 19.1 Å². The summed E-state index contributed by atoms with van der Waals surface area (Å²) < 4.78 is 32.4. The lowest BCUT2D eigenvalue weighted by atomic mass is 10.2. The second-order valence-corrected chi connectivity index (χ2v) is 20.3. The molecule has 0 saturated carbocycles. The van der Waals surface area contributed by atoms with Crippen LogP contribution in [0.25, 0.3) is 0 Å². The van der Waals surface area contributed by atoms with E-state index in [1.165, 1.54) is 12.1 Å². The van der Waals surface area contributed by atoms with Crippen molar-refractivity contribution in [1.82, 2.24) is 0 Å². The minimum Gasteiger partial charge on any atom is -0.488 e. The molecule has 0 aromatic heterocycles. The summed E-state index contributed by atoms with van der Waals surface area (Å²) in [7, 11) is -3.70. The largest absolute Gasteiger partial charge is 0.488 e. The molecule has 0 aliphatic rings. The number of halogens is 1. The Kier molecular flexibility index (Phi) is 8.52.